The molecule has 0 aromatic heterocycles. The highest BCUT2D eigenvalue weighted by atomic mass is 35.7. The molecular weight excluding hydrogens is 350 g/mol. The number of hydrogen-bond acceptors (Lipinski definition) is 5. The molecule has 128 valence electrons. The molecule has 0 N–H and O–H groups in total. The molecule has 0 aliphatic carbocycles. The molecule has 5 nitrogen and oxygen atoms in total. The van der Waals surface area contributed by atoms with Gasteiger partial charge in [0.15, 0.2) is 10.1 Å². The Morgan fingerprint density at radius 1 is 0.875 bits per heavy atom. The van der Waals surface area contributed by atoms with Crippen molar-refractivity contribution in [1.82, 2.24) is 4.90 Å². The maximum atomic E-state index is 8.49. The Balaban J connectivity index is 0.000000368. The minimum Gasteiger partial charge on any atom is -0.377 e. The van der Waals surface area contributed by atoms with Gasteiger partial charge in [0.25, 0.3) is 0 Å². The lowest BCUT2D eigenvalue weighted by Gasteiger charge is -2.23. The monoisotopic (exact) mass is 367 g/mol. The normalized spacial score (nSPS) is 16.4. The number of hydrogen-bond donors (Lipinski definition) is 0. The molecule has 1 heterocycles. The van der Waals surface area contributed by atoms with E-state index < -0.39 is 10.2 Å². The van der Waals surface area contributed by atoms with Gasteiger partial charge < -0.3 is 4.90 Å². The zero-order valence-electron chi connectivity index (χ0n) is 13.3. The maximum Gasteiger partial charge on any atom is 0.166 e. The van der Waals surface area contributed by atoms with E-state index in [1.165, 1.54) is 33.5 Å². The van der Waals surface area contributed by atoms with Gasteiger partial charge in [0.2, 0.25) is 0 Å². The van der Waals surface area contributed by atoms with Gasteiger partial charge in [-0.1, -0.05) is 42.5 Å². The van der Waals surface area contributed by atoms with E-state index in [0.29, 0.717) is 5.25 Å². The van der Waals surface area contributed by atoms with Crippen LogP contribution in [0.3, 0.4) is 0 Å². The predicted octanol–water partition coefficient (Wildman–Crippen LogP) is -1.24. The van der Waals surface area contributed by atoms with Crippen LogP contribution in [0.5, 0.6) is 0 Å². The number of benzene rings is 2. The topological polar surface area (TPSA) is 95.5 Å². The molecule has 3 rings (SSSR count). The van der Waals surface area contributed by atoms with Crippen molar-refractivity contribution in [1.29, 1.82) is 0 Å². The van der Waals surface area contributed by atoms with E-state index >= 15 is 0 Å². The molecule has 2 aromatic rings. The van der Waals surface area contributed by atoms with Gasteiger partial charge in [0, 0.05) is 37.1 Å². The summed E-state index contributed by atoms with van der Waals surface area (Å²) in [6.07, 6.45) is 2.39. The molecule has 0 saturated carbocycles. The summed E-state index contributed by atoms with van der Waals surface area (Å²) in [5.74, 6) is 0. The van der Waals surface area contributed by atoms with Crippen LogP contribution in [0.4, 0.5) is 0 Å². The lowest BCUT2D eigenvalue weighted by Crippen LogP contribution is -2.68. The number of halogens is 1. The van der Waals surface area contributed by atoms with Crippen LogP contribution in [0.25, 0.3) is 5.70 Å². The van der Waals surface area contributed by atoms with Crippen molar-refractivity contribution in [3.8, 4) is 0 Å². The molecular formula is C17H18ClNO4S. The molecule has 0 spiro atoms. The van der Waals surface area contributed by atoms with E-state index in [1.807, 2.05) is 0 Å². The second-order valence-corrected chi connectivity index (χ2v) is 7.38. The number of rotatable bonds is 2. The molecule has 0 saturated heterocycles. The van der Waals surface area contributed by atoms with Crippen molar-refractivity contribution in [2.45, 2.75) is 10.1 Å². The van der Waals surface area contributed by atoms with Gasteiger partial charge in [-0.05, 0) is 18.2 Å². The summed E-state index contributed by atoms with van der Waals surface area (Å²) in [4.78, 5) is 3.63. The van der Waals surface area contributed by atoms with Gasteiger partial charge in [-0.2, -0.15) is 0 Å². The summed E-state index contributed by atoms with van der Waals surface area (Å²) in [5.41, 5.74) is 4.07. The Hall–Kier alpha value is -1.54. The third kappa shape index (κ3) is 5.52. The first-order valence-corrected chi connectivity index (χ1v) is 9.31. The van der Waals surface area contributed by atoms with Gasteiger partial charge in [0.05, 0.1) is 5.56 Å². The van der Waals surface area contributed by atoms with Gasteiger partial charge in [-0.15, -0.1) is 10.2 Å². The predicted molar refractivity (Wildman–Crippen MR) is 84.3 cm³/mol. The Morgan fingerprint density at radius 3 is 2.00 bits per heavy atom. The lowest BCUT2D eigenvalue weighted by atomic mass is 10.1. The molecule has 2 aromatic carbocycles. The van der Waals surface area contributed by atoms with Crippen LogP contribution in [-0.4, -0.2) is 19.0 Å². The molecule has 1 aliphatic heterocycles. The summed E-state index contributed by atoms with van der Waals surface area (Å²) >= 11 is 1.37. The highest BCUT2D eigenvalue weighted by Crippen LogP contribution is 2.36. The fourth-order valence-electron chi connectivity index (χ4n) is 2.44. The van der Waals surface area contributed by atoms with Crippen LogP contribution in [0, 0.1) is 10.2 Å². The zero-order chi connectivity index (χ0) is 17.7. The van der Waals surface area contributed by atoms with E-state index in [4.69, 9.17) is 18.6 Å². The molecule has 1 unspecified atom stereocenters. The van der Waals surface area contributed by atoms with Crippen molar-refractivity contribution in [3.05, 3.63) is 71.8 Å². The fourth-order valence-corrected chi connectivity index (χ4v) is 3.78. The summed E-state index contributed by atoms with van der Waals surface area (Å²) < 4.78 is 34.0. The third-order valence-corrected chi connectivity index (χ3v) is 4.79. The summed E-state index contributed by atoms with van der Waals surface area (Å²) in [7, 11) is -0.709. The molecule has 0 fully saturated rings. The van der Waals surface area contributed by atoms with Gasteiger partial charge in [0.1, 0.15) is 0 Å². The molecule has 1 atom stereocenters. The molecule has 24 heavy (non-hydrogen) atoms. The Labute approximate surface area is 147 Å². The summed E-state index contributed by atoms with van der Waals surface area (Å²) in [6.45, 7) is 0. The van der Waals surface area contributed by atoms with Crippen LogP contribution in [0.1, 0.15) is 16.4 Å². The average Bonchev–Trinajstić information content (AvgIpc) is 2.53. The van der Waals surface area contributed by atoms with Crippen LogP contribution in [-0.2, 0) is 11.8 Å². The SMILES string of the molecule is CN(C)C1=CC(c2ccccc2)[SH+]c2ccccc21.[O-][Cl+3]([O-])([O-])[O-]. The molecule has 0 radical (unpaired) electrons. The van der Waals surface area contributed by atoms with Gasteiger partial charge >= 0.3 is 0 Å². The van der Waals surface area contributed by atoms with Crippen LogP contribution in [0.2, 0.25) is 0 Å². The highest BCUT2D eigenvalue weighted by molar-refractivity contribution is 7.79. The van der Waals surface area contributed by atoms with Crippen molar-refractivity contribution in [2.24, 2.45) is 0 Å². The smallest absolute Gasteiger partial charge is 0.166 e. The Morgan fingerprint density at radius 2 is 1.42 bits per heavy atom. The van der Waals surface area contributed by atoms with E-state index in [2.05, 4.69) is 79.7 Å². The fraction of sp³-hybridized carbons (Fsp3) is 0.176. The standard InChI is InChI=1S/C17H17NS.ClHO4/c1-18(2)15-12-17(13-8-4-3-5-9-13)19-16-11-7-6-10-14(15)16;2-1(3,4)5/h3-12,17H,1-2H3;(H,2,3,4,5). The number of thiol groups is 1. The van der Waals surface area contributed by atoms with Crippen LogP contribution >= 0.6 is 0 Å². The summed E-state index contributed by atoms with van der Waals surface area (Å²) in [5, 5.41) is 0.452. The largest absolute Gasteiger partial charge is 0.377 e. The first kappa shape index (κ1) is 18.8. The average molecular weight is 368 g/mol. The molecule has 1 aliphatic rings. The van der Waals surface area contributed by atoms with E-state index in [9.17, 15) is 0 Å². The molecule has 0 bridgehead atoms. The van der Waals surface area contributed by atoms with Gasteiger partial charge in [-0.3, -0.25) is 0 Å². The minimum absolute atomic E-state index is 0.452. The molecule has 7 heteroatoms. The summed E-state index contributed by atoms with van der Waals surface area (Å²) in [6, 6.07) is 19.5. The highest BCUT2D eigenvalue weighted by Gasteiger charge is 2.28. The van der Waals surface area contributed by atoms with Crippen LogP contribution < -0.4 is 18.6 Å². The number of nitrogens with zero attached hydrogens (tertiary/aromatic N) is 1. The van der Waals surface area contributed by atoms with Crippen molar-refractivity contribution in [3.63, 3.8) is 0 Å². The van der Waals surface area contributed by atoms with Crippen LogP contribution in [0.15, 0.2) is 65.6 Å². The minimum atomic E-state index is -4.94. The quantitative estimate of drug-likeness (QED) is 0.489. The Kier molecular flexibility index (Phi) is 6.28. The van der Waals surface area contributed by atoms with Gasteiger partial charge in [-0.25, -0.2) is 18.6 Å². The lowest BCUT2D eigenvalue weighted by molar-refractivity contribution is -2.00. The zero-order valence-corrected chi connectivity index (χ0v) is 14.9. The van der Waals surface area contributed by atoms with E-state index in [0.717, 1.165) is 0 Å². The second-order valence-electron chi connectivity index (χ2n) is 5.33. The second kappa shape index (κ2) is 8.02. The first-order chi connectivity index (χ1) is 11.3. The Bertz CT molecular complexity index is 695. The number of fused-ring (bicyclic) bond motifs is 1. The van der Waals surface area contributed by atoms with E-state index in [1.54, 1.807) is 0 Å². The maximum absolute atomic E-state index is 8.49. The third-order valence-electron chi connectivity index (χ3n) is 3.40. The van der Waals surface area contributed by atoms with E-state index in [-0.39, 0.29) is 0 Å². The van der Waals surface area contributed by atoms with Crippen molar-refractivity contribution < 1.29 is 28.9 Å². The van der Waals surface area contributed by atoms with Crippen molar-refractivity contribution in [2.75, 3.05) is 14.1 Å². The first-order valence-electron chi connectivity index (χ1n) is 7.12. The molecule has 0 amide bonds. The van der Waals surface area contributed by atoms with Crippen molar-refractivity contribution >= 4 is 17.5 Å².